The second-order valence-electron chi connectivity index (χ2n) is 5.87. The molecule has 23 heavy (non-hydrogen) atoms. The Morgan fingerprint density at radius 3 is 2.83 bits per heavy atom. The highest BCUT2D eigenvalue weighted by molar-refractivity contribution is 5.94. The Bertz CT molecular complexity index is 693. The van der Waals surface area contributed by atoms with Crippen molar-refractivity contribution >= 4 is 11.9 Å². The molecule has 0 saturated heterocycles. The van der Waals surface area contributed by atoms with Crippen LogP contribution in [0.3, 0.4) is 0 Å². The molecule has 5 nitrogen and oxygen atoms in total. The normalized spacial score (nSPS) is 18.0. The molecular weight excluding hydrogens is 294 g/mol. The van der Waals surface area contributed by atoms with Crippen molar-refractivity contribution in [2.45, 2.75) is 37.6 Å². The monoisotopic (exact) mass is 313 g/mol. The van der Waals surface area contributed by atoms with E-state index < -0.39 is 17.9 Å². The van der Waals surface area contributed by atoms with E-state index in [1.54, 1.807) is 6.07 Å². The predicted molar refractivity (Wildman–Crippen MR) is 84.3 cm³/mol. The molecular formula is C18H19NO4. The lowest BCUT2D eigenvalue weighted by Gasteiger charge is -2.27. The van der Waals surface area contributed by atoms with Crippen LogP contribution in [0, 0.1) is 0 Å². The van der Waals surface area contributed by atoms with E-state index in [-0.39, 0.29) is 11.7 Å². The number of carbonyl (C=O) groups excluding carboxylic acids is 1. The van der Waals surface area contributed by atoms with Crippen molar-refractivity contribution in [1.82, 2.24) is 5.32 Å². The van der Waals surface area contributed by atoms with Gasteiger partial charge in [0.05, 0.1) is 6.26 Å². The average molecular weight is 313 g/mol. The third kappa shape index (κ3) is 3.44. The van der Waals surface area contributed by atoms with E-state index in [0.29, 0.717) is 6.42 Å². The van der Waals surface area contributed by atoms with Gasteiger partial charge in [-0.1, -0.05) is 24.3 Å². The SMILES string of the molecule is O=C(NC(CC1CCCc2ccccc21)C(=O)O)c1ccco1. The summed E-state index contributed by atoms with van der Waals surface area (Å²) in [6, 6.07) is 10.3. The van der Waals surface area contributed by atoms with E-state index in [1.165, 1.54) is 23.5 Å². The molecule has 1 aromatic carbocycles. The van der Waals surface area contributed by atoms with Crippen LogP contribution in [0.5, 0.6) is 0 Å². The maximum atomic E-state index is 12.0. The largest absolute Gasteiger partial charge is 0.480 e. The molecule has 0 aliphatic heterocycles. The van der Waals surface area contributed by atoms with E-state index in [1.807, 2.05) is 12.1 Å². The van der Waals surface area contributed by atoms with Gasteiger partial charge in [-0.05, 0) is 54.9 Å². The molecule has 0 fully saturated rings. The molecule has 1 amide bonds. The summed E-state index contributed by atoms with van der Waals surface area (Å²) in [4.78, 5) is 23.6. The molecule has 0 bridgehead atoms. The quantitative estimate of drug-likeness (QED) is 0.889. The maximum Gasteiger partial charge on any atom is 0.326 e. The molecule has 120 valence electrons. The topological polar surface area (TPSA) is 79.5 Å². The molecule has 3 rings (SSSR count). The third-order valence-electron chi connectivity index (χ3n) is 4.36. The van der Waals surface area contributed by atoms with Crippen molar-refractivity contribution in [3.8, 4) is 0 Å². The van der Waals surface area contributed by atoms with Crippen LogP contribution in [0.4, 0.5) is 0 Å². The van der Waals surface area contributed by atoms with Gasteiger partial charge in [0.15, 0.2) is 5.76 Å². The van der Waals surface area contributed by atoms with Gasteiger partial charge in [-0.25, -0.2) is 4.79 Å². The third-order valence-corrected chi connectivity index (χ3v) is 4.36. The van der Waals surface area contributed by atoms with Gasteiger partial charge in [-0.3, -0.25) is 4.79 Å². The van der Waals surface area contributed by atoms with Gasteiger partial charge in [0.1, 0.15) is 6.04 Å². The molecule has 2 N–H and O–H groups in total. The summed E-state index contributed by atoms with van der Waals surface area (Å²) in [6.45, 7) is 0. The summed E-state index contributed by atoms with van der Waals surface area (Å²) in [6.07, 6.45) is 4.79. The Hall–Kier alpha value is -2.56. The standard InChI is InChI=1S/C18H19NO4/c20-17(16-9-4-10-23-16)19-15(18(21)22)11-13-7-3-6-12-5-1-2-8-14(12)13/h1-2,4-5,8-10,13,15H,3,6-7,11H2,(H,19,20)(H,21,22). The number of hydrogen-bond acceptors (Lipinski definition) is 3. The van der Waals surface area contributed by atoms with Crippen LogP contribution in [-0.4, -0.2) is 23.0 Å². The molecule has 1 heterocycles. The Morgan fingerprint density at radius 1 is 1.26 bits per heavy atom. The molecule has 2 aromatic rings. The zero-order chi connectivity index (χ0) is 16.2. The average Bonchev–Trinajstić information content (AvgIpc) is 3.09. The van der Waals surface area contributed by atoms with Crippen LogP contribution in [-0.2, 0) is 11.2 Å². The highest BCUT2D eigenvalue weighted by atomic mass is 16.4. The van der Waals surface area contributed by atoms with E-state index in [4.69, 9.17) is 4.42 Å². The second-order valence-corrected chi connectivity index (χ2v) is 5.87. The van der Waals surface area contributed by atoms with Gasteiger partial charge in [0.2, 0.25) is 0 Å². The highest BCUT2D eigenvalue weighted by Crippen LogP contribution is 2.34. The number of amides is 1. The lowest BCUT2D eigenvalue weighted by Crippen LogP contribution is -2.42. The number of carboxylic acid groups (broad SMARTS) is 1. The Balaban J connectivity index is 1.73. The van der Waals surface area contributed by atoms with Crippen molar-refractivity contribution in [3.63, 3.8) is 0 Å². The first-order valence-electron chi connectivity index (χ1n) is 7.80. The summed E-state index contributed by atoms with van der Waals surface area (Å²) in [5.74, 6) is -1.24. The van der Waals surface area contributed by atoms with Crippen molar-refractivity contribution in [1.29, 1.82) is 0 Å². The Labute approximate surface area is 134 Å². The summed E-state index contributed by atoms with van der Waals surface area (Å²) in [7, 11) is 0. The van der Waals surface area contributed by atoms with E-state index in [2.05, 4.69) is 17.4 Å². The van der Waals surface area contributed by atoms with Gasteiger partial charge in [-0.2, -0.15) is 0 Å². The number of aryl methyl sites for hydroxylation is 1. The fourth-order valence-corrected chi connectivity index (χ4v) is 3.24. The van der Waals surface area contributed by atoms with Crippen LogP contribution < -0.4 is 5.32 Å². The van der Waals surface area contributed by atoms with Gasteiger partial charge < -0.3 is 14.8 Å². The first-order chi connectivity index (χ1) is 11.1. The minimum absolute atomic E-state index is 0.125. The van der Waals surface area contributed by atoms with Gasteiger partial charge in [-0.15, -0.1) is 0 Å². The van der Waals surface area contributed by atoms with Crippen LogP contribution in [0.2, 0.25) is 0 Å². The van der Waals surface area contributed by atoms with Crippen molar-refractivity contribution in [3.05, 3.63) is 59.5 Å². The number of fused-ring (bicyclic) bond motifs is 1. The van der Waals surface area contributed by atoms with Crippen LogP contribution in [0.15, 0.2) is 47.1 Å². The number of aliphatic carboxylic acids is 1. The van der Waals surface area contributed by atoms with Gasteiger partial charge in [0, 0.05) is 0 Å². The van der Waals surface area contributed by atoms with Gasteiger partial charge in [0.25, 0.3) is 5.91 Å². The molecule has 0 spiro atoms. The molecule has 5 heteroatoms. The zero-order valence-electron chi connectivity index (χ0n) is 12.7. The number of benzene rings is 1. The van der Waals surface area contributed by atoms with E-state index in [0.717, 1.165) is 19.3 Å². The summed E-state index contributed by atoms with van der Waals surface area (Å²) in [5, 5.41) is 12.0. The first-order valence-corrected chi connectivity index (χ1v) is 7.80. The maximum absolute atomic E-state index is 12.0. The molecule has 2 atom stereocenters. The lowest BCUT2D eigenvalue weighted by molar-refractivity contribution is -0.139. The number of carboxylic acids is 1. The number of nitrogens with one attached hydrogen (secondary N) is 1. The fraction of sp³-hybridized carbons (Fsp3) is 0.333. The number of hydrogen-bond donors (Lipinski definition) is 2. The van der Waals surface area contributed by atoms with Crippen LogP contribution >= 0.6 is 0 Å². The fourth-order valence-electron chi connectivity index (χ4n) is 3.24. The zero-order valence-corrected chi connectivity index (χ0v) is 12.7. The number of furan rings is 1. The summed E-state index contributed by atoms with van der Waals surface area (Å²) in [5.41, 5.74) is 2.49. The minimum atomic E-state index is -1.02. The predicted octanol–water partition coefficient (Wildman–Crippen LogP) is 2.97. The van der Waals surface area contributed by atoms with Crippen LogP contribution in [0.1, 0.15) is 46.9 Å². The Morgan fingerprint density at radius 2 is 2.09 bits per heavy atom. The Kier molecular flexibility index (Phi) is 4.46. The van der Waals surface area contributed by atoms with E-state index in [9.17, 15) is 14.7 Å². The number of rotatable bonds is 5. The van der Waals surface area contributed by atoms with Crippen LogP contribution in [0.25, 0.3) is 0 Å². The summed E-state index contributed by atoms with van der Waals surface area (Å²) >= 11 is 0. The first kappa shape index (κ1) is 15.3. The summed E-state index contributed by atoms with van der Waals surface area (Å²) < 4.78 is 5.02. The van der Waals surface area contributed by atoms with Crippen molar-refractivity contribution in [2.75, 3.05) is 0 Å². The molecule has 2 unspecified atom stereocenters. The van der Waals surface area contributed by atoms with Crippen molar-refractivity contribution < 1.29 is 19.1 Å². The molecule has 1 aliphatic rings. The highest BCUT2D eigenvalue weighted by Gasteiger charge is 2.28. The van der Waals surface area contributed by atoms with E-state index >= 15 is 0 Å². The molecule has 1 aliphatic carbocycles. The van der Waals surface area contributed by atoms with Crippen molar-refractivity contribution in [2.24, 2.45) is 0 Å². The lowest BCUT2D eigenvalue weighted by atomic mass is 9.79. The number of carbonyl (C=O) groups is 2. The second kappa shape index (κ2) is 6.69. The molecule has 1 aromatic heterocycles. The molecule has 0 radical (unpaired) electrons. The smallest absolute Gasteiger partial charge is 0.326 e. The van der Waals surface area contributed by atoms with Gasteiger partial charge >= 0.3 is 5.97 Å². The minimum Gasteiger partial charge on any atom is -0.480 e. The molecule has 0 saturated carbocycles.